The minimum absolute atomic E-state index is 0.546. The Morgan fingerprint density at radius 2 is 0.824 bits per heavy atom. The topological polar surface area (TPSA) is 104 Å². The number of nitrogens with one attached hydrogen (secondary N) is 1. The number of urea groups is 1. The summed E-state index contributed by atoms with van der Waals surface area (Å²) in [4.78, 5) is 24.2. The summed E-state index contributed by atoms with van der Waals surface area (Å²) in [5, 5.41) is 13.3. The van der Waals surface area contributed by atoms with E-state index in [1.165, 1.54) is 125 Å². The maximum Gasteiger partial charge on any atom is 0.430 e. The van der Waals surface area contributed by atoms with Crippen molar-refractivity contribution in [3.8, 4) is 0 Å². The van der Waals surface area contributed by atoms with E-state index >= 15 is 0 Å². The Morgan fingerprint density at radius 1 is 0.549 bits per heavy atom. The van der Waals surface area contributed by atoms with E-state index in [-0.39, 0.29) is 0 Å². The molecule has 0 radical (unpaired) electrons. The van der Waals surface area contributed by atoms with E-state index in [9.17, 15) is 18.0 Å². The number of carboxylic acid groups (broad SMARTS) is 1. The fourth-order valence-corrected chi connectivity index (χ4v) is 10.8. The van der Waals surface area contributed by atoms with Crippen LogP contribution in [-0.4, -0.2) is 30.9 Å². The number of halogens is 3. The first-order valence-electron chi connectivity index (χ1n) is 18.7. The van der Waals surface area contributed by atoms with Gasteiger partial charge in [-0.15, -0.1) is 0 Å². The Labute approximate surface area is 304 Å². The van der Waals surface area contributed by atoms with Gasteiger partial charge in [0.2, 0.25) is 0 Å². The number of carbonyl (C=O) groups is 2. The highest BCUT2D eigenvalue weighted by molar-refractivity contribution is 7.95. The van der Waals surface area contributed by atoms with Crippen LogP contribution < -0.4 is 32.2 Å². The normalized spacial score (nSPS) is 11.4. The molecular formula is C41H58F3N2O4P. The van der Waals surface area contributed by atoms with Gasteiger partial charge >= 0.3 is 12.2 Å². The van der Waals surface area contributed by atoms with Crippen LogP contribution >= 0.6 is 7.26 Å². The highest BCUT2D eigenvalue weighted by Gasteiger charge is 2.44. The Bertz CT molecular complexity index is 1220. The maximum absolute atomic E-state index is 10.5. The van der Waals surface area contributed by atoms with Crippen molar-refractivity contribution in [1.82, 2.24) is 5.48 Å². The molecule has 0 spiro atoms. The van der Waals surface area contributed by atoms with E-state index < -0.39 is 25.4 Å². The van der Waals surface area contributed by atoms with Gasteiger partial charge in [0.25, 0.3) is 0 Å². The summed E-state index contributed by atoms with van der Waals surface area (Å²) in [6.45, 7) is 0.546. The van der Waals surface area contributed by atoms with Crippen LogP contribution in [0.2, 0.25) is 0 Å². The van der Waals surface area contributed by atoms with Crippen molar-refractivity contribution in [3.63, 3.8) is 0 Å². The summed E-state index contributed by atoms with van der Waals surface area (Å²) in [5.74, 6) is -3.01. The van der Waals surface area contributed by atoms with Gasteiger partial charge in [0, 0.05) is 0 Å². The summed E-state index contributed by atoms with van der Waals surface area (Å²) >= 11 is 0. The molecule has 0 atom stereocenters. The smallest absolute Gasteiger partial charge is 0.430 e. The molecule has 0 aliphatic rings. The third kappa shape index (κ3) is 18.6. The van der Waals surface area contributed by atoms with Crippen molar-refractivity contribution < 1.29 is 32.7 Å². The Balaban J connectivity index is 0.00000116. The number of nitrogens with two attached hydrogens (primary N) is 1. The van der Waals surface area contributed by atoms with Gasteiger partial charge < -0.3 is 15.6 Å². The number of hydrogen-bond donors (Lipinski definition) is 2. The number of hydrogen-bond acceptors (Lipinski definition) is 4. The van der Waals surface area contributed by atoms with Crippen molar-refractivity contribution in [1.29, 1.82) is 0 Å². The minimum atomic E-state index is -5.19. The van der Waals surface area contributed by atoms with Gasteiger partial charge in [-0.05, 0) is 55.7 Å². The molecule has 0 saturated carbocycles. The Hall–Kier alpha value is -3.42. The number of unbranched alkanes of at least 4 members (excludes halogenated alkanes) is 17. The van der Waals surface area contributed by atoms with Crippen molar-refractivity contribution in [2.24, 2.45) is 5.73 Å². The lowest BCUT2D eigenvalue weighted by Crippen LogP contribution is -2.37. The number of benzene rings is 3. The maximum atomic E-state index is 10.5. The second kappa shape index (κ2) is 26.4. The second-order valence-electron chi connectivity index (χ2n) is 13.0. The zero-order chi connectivity index (χ0) is 37.0. The van der Waals surface area contributed by atoms with E-state index in [1.807, 2.05) is 0 Å². The lowest BCUT2D eigenvalue weighted by Gasteiger charge is -2.27. The third-order valence-electron chi connectivity index (χ3n) is 8.99. The van der Waals surface area contributed by atoms with Crippen LogP contribution in [0.25, 0.3) is 0 Å². The molecule has 0 heterocycles. The molecule has 3 rings (SSSR count). The second-order valence-corrected chi connectivity index (χ2v) is 16.6. The van der Waals surface area contributed by atoms with Crippen molar-refractivity contribution in [3.05, 3.63) is 91.0 Å². The number of rotatable bonds is 25. The summed E-state index contributed by atoms with van der Waals surface area (Å²) in [5.41, 5.74) is 7.11. The minimum Gasteiger partial charge on any atom is -0.542 e. The fraction of sp³-hybridized carbons (Fsp3) is 0.512. The number of alkyl halides is 3. The van der Waals surface area contributed by atoms with Crippen LogP contribution in [0.1, 0.15) is 116 Å². The standard InChI is InChI=1S/C39H57N2O2P.C2HF3O2/c40-39(42)41-43-34-26-15-13-11-9-7-5-3-1-2-4-6-8-10-12-14-16-27-35-44(36-28-20-17-21-29-36,37-30-22-18-23-31-37)38-32-24-19-25-33-38;3-2(4,5)1(6)7/h17-25,28-33H,1-16,26-27,34-35H2,(H2-,40,41,42);(H,6,7). The summed E-state index contributed by atoms with van der Waals surface area (Å²) in [6.07, 6.45) is 20.0. The first-order chi connectivity index (χ1) is 24.7. The zero-order valence-corrected chi connectivity index (χ0v) is 31.0. The highest BCUT2D eigenvalue weighted by Crippen LogP contribution is 2.56. The molecule has 0 unspecified atom stereocenters. The van der Waals surface area contributed by atoms with Crippen LogP contribution in [-0.2, 0) is 9.63 Å². The van der Waals surface area contributed by atoms with Gasteiger partial charge in [0.05, 0.1) is 12.8 Å². The molecule has 3 aromatic rings. The molecule has 0 fully saturated rings. The predicted octanol–water partition coefficient (Wildman–Crippen LogP) is 8.90. The van der Waals surface area contributed by atoms with E-state index in [0.29, 0.717) is 6.61 Å². The molecule has 6 nitrogen and oxygen atoms in total. The summed E-state index contributed by atoms with van der Waals surface area (Å²) < 4.78 is 31.5. The molecule has 3 N–H and O–H groups in total. The average molecular weight is 731 g/mol. The monoisotopic (exact) mass is 730 g/mol. The van der Waals surface area contributed by atoms with Gasteiger partial charge in [0.15, 0.2) is 0 Å². The SMILES string of the molecule is NC(=O)NOCCCCCCCCCCCCCCCCCCCC[P+](c1ccccc1)(c1ccccc1)c1ccccc1.O=C([O-])C(F)(F)F. The van der Waals surface area contributed by atoms with Crippen LogP contribution in [0, 0.1) is 0 Å². The Kier molecular flexibility index (Phi) is 22.6. The van der Waals surface area contributed by atoms with E-state index in [1.54, 1.807) is 0 Å². The molecule has 3 aromatic carbocycles. The van der Waals surface area contributed by atoms with Crippen molar-refractivity contribution in [2.45, 2.75) is 122 Å². The summed E-state index contributed by atoms with van der Waals surface area (Å²) in [6, 6.07) is 33.3. The number of carbonyl (C=O) groups excluding carboxylic acids is 2. The quantitative estimate of drug-likeness (QED) is 0.0516. The number of aliphatic carboxylic acids is 1. The first kappa shape index (κ1) is 43.7. The molecule has 51 heavy (non-hydrogen) atoms. The third-order valence-corrected chi connectivity index (χ3v) is 13.5. The van der Waals surface area contributed by atoms with Crippen LogP contribution in [0.15, 0.2) is 91.0 Å². The number of hydroxylamine groups is 1. The van der Waals surface area contributed by atoms with E-state index in [0.717, 1.165) is 12.8 Å². The summed E-state index contributed by atoms with van der Waals surface area (Å²) in [7, 11) is -1.67. The van der Waals surface area contributed by atoms with Gasteiger partial charge in [-0.3, -0.25) is 4.84 Å². The van der Waals surface area contributed by atoms with Gasteiger partial charge in [-0.1, -0.05) is 151 Å². The van der Waals surface area contributed by atoms with Crippen molar-refractivity contribution in [2.75, 3.05) is 12.8 Å². The Morgan fingerprint density at radius 3 is 1.10 bits per heavy atom. The fourth-order valence-electron chi connectivity index (χ4n) is 6.36. The lowest BCUT2D eigenvalue weighted by molar-refractivity contribution is -0.344. The molecule has 0 bridgehead atoms. The van der Waals surface area contributed by atoms with Crippen molar-refractivity contribution >= 4 is 35.2 Å². The molecule has 2 amide bonds. The van der Waals surface area contributed by atoms with E-state index in [2.05, 4.69) is 96.5 Å². The zero-order valence-electron chi connectivity index (χ0n) is 30.1. The largest absolute Gasteiger partial charge is 0.542 e. The number of primary amides is 1. The molecule has 0 aliphatic heterocycles. The molecule has 10 heteroatoms. The first-order valence-corrected chi connectivity index (χ1v) is 20.7. The van der Waals surface area contributed by atoms with Crippen LogP contribution in [0.5, 0.6) is 0 Å². The average Bonchev–Trinajstić information content (AvgIpc) is 3.13. The van der Waals surface area contributed by atoms with Gasteiger partial charge in [0.1, 0.15) is 29.1 Å². The van der Waals surface area contributed by atoms with Gasteiger partial charge in [-0.25, -0.2) is 10.3 Å². The van der Waals surface area contributed by atoms with Gasteiger partial charge in [-0.2, -0.15) is 13.2 Å². The molecule has 0 aliphatic carbocycles. The number of amides is 2. The number of carboxylic acids is 1. The van der Waals surface area contributed by atoms with E-state index in [4.69, 9.17) is 20.5 Å². The van der Waals surface area contributed by atoms with Crippen LogP contribution in [0.4, 0.5) is 18.0 Å². The predicted molar refractivity (Wildman–Crippen MR) is 203 cm³/mol. The molecular weight excluding hydrogens is 672 g/mol. The molecule has 282 valence electrons. The van der Waals surface area contributed by atoms with Crippen LogP contribution in [0.3, 0.4) is 0 Å². The molecule has 0 aromatic heterocycles. The highest BCUT2D eigenvalue weighted by atomic mass is 31.2. The lowest BCUT2D eigenvalue weighted by atomic mass is 10.0. The molecule has 0 saturated heterocycles.